The van der Waals surface area contributed by atoms with Crippen LogP contribution in [0, 0.1) is 6.92 Å². The number of hydrogen-bond donors (Lipinski definition) is 0. The van der Waals surface area contributed by atoms with Gasteiger partial charge in [0.05, 0.1) is 0 Å². The van der Waals surface area contributed by atoms with Gasteiger partial charge in [0.1, 0.15) is 0 Å². The van der Waals surface area contributed by atoms with Crippen LogP contribution < -0.4 is 9.80 Å². The van der Waals surface area contributed by atoms with E-state index in [1.165, 1.54) is 16.9 Å². The second-order valence-corrected chi connectivity index (χ2v) is 8.11. The Morgan fingerprint density at radius 1 is 0.792 bits per heavy atom. The summed E-state index contributed by atoms with van der Waals surface area (Å²) >= 11 is 6.27. The number of rotatable bonds is 2. The van der Waals surface area contributed by atoms with Crippen LogP contribution in [0.4, 0.5) is 11.4 Å². The highest BCUT2D eigenvalue weighted by atomic mass is 35.5. The van der Waals surface area contributed by atoms with Gasteiger partial charge in [-0.15, -0.1) is 0 Å². The summed E-state index contributed by atoms with van der Waals surface area (Å²) in [6.07, 6.45) is 0. The Hall–Kier alpha value is -1.67. The number of halogens is 1. The summed E-state index contributed by atoms with van der Waals surface area (Å²) in [5.41, 5.74) is 5.29. The molecule has 24 heavy (non-hydrogen) atoms. The van der Waals surface area contributed by atoms with Crippen LogP contribution in [0.25, 0.3) is 0 Å². The van der Waals surface area contributed by atoms with Crippen LogP contribution in [-0.4, -0.2) is 26.2 Å². The van der Waals surface area contributed by atoms with E-state index in [0.29, 0.717) is 0 Å². The van der Waals surface area contributed by atoms with Crippen molar-refractivity contribution in [3.8, 4) is 0 Å². The largest absolute Gasteiger partial charge is 0.368 e. The van der Waals surface area contributed by atoms with Gasteiger partial charge in [-0.3, -0.25) is 0 Å². The van der Waals surface area contributed by atoms with Gasteiger partial charge in [-0.1, -0.05) is 50.6 Å². The summed E-state index contributed by atoms with van der Waals surface area (Å²) in [6, 6.07) is 15.4. The molecule has 3 heteroatoms. The van der Waals surface area contributed by atoms with Gasteiger partial charge >= 0.3 is 0 Å². The fraction of sp³-hybridized carbons (Fsp3) is 0.429. The lowest BCUT2D eigenvalue weighted by atomic mass is 9.87. The summed E-state index contributed by atoms with van der Waals surface area (Å²) in [6.45, 7) is 13.0. The molecule has 1 heterocycles. The maximum atomic E-state index is 6.27. The molecule has 0 radical (unpaired) electrons. The van der Waals surface area contributed by atoms with Gasteiger partial charge in [0.25, 0.3) is 0 Å². The molecule has 2 aromatic rings. The maximum Gasteiger partial charge on any atom is 0.0455 e. The number of anilines is 2. The van der Waals surface area contributed by atoms with Gasteiger partial charge < -0.3 is 9.80 Å². The number of piperazine rings is 1. The molecule has 0 N–H and O–H groups in total. The molecule has 1 aliphatic heterocycles. The van der Waals surface area contributed by atoms with Crippen molar-refractivity contribution < 1.29 is 0 Å². The SMILES string of the molecule is Cc1ccc(N2CCN(c3ccc(C(C)(C)C)cc3)CC2)cc1Cl. The molecule has 0 aromatic heterocycles. The van der Waals surface area contributed by atoms with Crippen LogP contribution in [0.1, 0.15) is 31.9 Å². The molecule has 1 fully saturated rings. The minimum atomic E-state index is 0.210. The highest BCUT2D eigenvalue weighted by molar-refractivity contribution is 6.31. The minimum absolute atomic E-state index is 0.210. The Labute approximate surface area is 151 Å². The van der Waals surface area contributed by atoms with E-state index in [-0.39, 0.29) is 5.41 Å². The molecule has 0 aliphatic carbocycles. The molecule has 0 amide bonds. The fourth-order valence-corrected chi connectivity index (χ4v) is 3.35. The molecule has 0 unspecified atom stereocenters. The van der Waals surface area contributed by atoms with Crippen molar-refractivity contribution in [3.63, 3.8) is 0 Å². The zero-order chi connectivity index (χ0) is 17.3. The van der Waals surface area contributed by atoms with Crippen molar-refractivity contribution >= 4 is 23.0 Å². The van der Waals surface area contributed by atoms with Crippen LogP contribution in [0.5, 0.6) is 0 Å². The predicted molar refractivity (Wildman–Crippen MR) is 106 cm³/mol. The third kappa shape index (κ3) is 3.70. The van der Waals surface area contributed by atoms with Gasteiger partial charge in [-0.05, 0) is 47.7 Å². The highest BCUT2D eigenvalue weighted by Crippen LogP contribution is 2.27. The fourth-order valence-electron chi connectivity index (χ4n) is 3.17. The normalized spacial score (nSPS) is 15.7. The molecule has 2 nitrogen and oxygen atoms in total. The minimum Gasteiger partial charge on any atom is -0.368 e. The summed E-state index contributed by atoms with van der Waals surface area (Å²) < 4.78 is 0. The molecule has 0 bridgehead atoms. The van der Waals surface area contributed by atoms with Gasteiger partial charge in [0.2, 0.25) is 0 Å². The van der Waals surface area contributed by atoms with Crippen LogP contribution in [0.3, 0.4) is 0 Å². The Kier molecular flexibility index (Phi) is 4.78. The number of hydrogen-bond acceptors (Lipinski definition) is 2. The second-order valence-electron chi connectivity index (χ2n) is 7.70. The van der Waals surface area contributed by atoms with E-state index < -0.39 is 0 Å². The first-order chi connectivity index (χ1) is 11.3. The molecule has 0 atom stereocenters. The summed E-state index contributed by atoms with van der Waals surface area (Å²) in [5.74, 6) is 0. The average Bonchev–Trinajstić information content (AvgIpc) is 2.57. The summed E-state index contributed by atoms with van der Waals surface area (Å²) in [5, 5.41) is 0.854. The topological polar surface area (TPSA) is 6.48 Å². The van der Waals surface area contributed by atoms with Crippen molar-refractivity contribution in [3.05, 3.63) is 58.6 Å². The van der Waals surface area contributed by atoms with E-state index in [4.69, 9.17) is 11.6 Å². The summed E-state index contributed by atoms with van der Waals surface area (Å²) in [4.78, 5) is 4.89. The van der Waals surface area contributed by atoms with Crippen molar-refractivity contribution in [2.24, 2.45) is 0 Å². The lowest BCUT2D eigenvalue weighted by molar-refractivity contribution is 0.590. The Balaban J connectivity index is 1.65. The van der Waals surface area contributed by atoms with E-state index in [9.17, 15) is 0 Å². The third-order valence-electron chi connectivity index (χ3n) is 4.90. The van der Waals surface area contributed by atoms with Crippen molar-refractivity contribution in [2.45, 2.75) is 33.1 Å². The smallest absolute Gasteiger partial charge is 0.0455 e. The molecule has 2 aromatic carbocycles. The predicted octanol–water partition coefficient (Wildman–Crippen LogP) is 5.27. The Morgan fingerprint density at radius 3 is 1.79 bits per heavy atom. The van der Waals surface area contributed by atoms with Crippen LogP contribution in [-0.2, 0) is 5.41 Å². The quantitative estimate of drug-likeness (QED) is 0.733. The number of nitrogens with zero attached hydrogens (tertiary/aromatic N) is 2. The Bertz CT molecular complexity index is 693. The van der Waals surface area contributed by atoms with Crippen LogP contribution in [0.2, 0.25) is 5.02 Å². The lowest BCUT2D eigenvalue weighted by Crippen LogP contribution is -2.46. The zero-order valence-corrected chi connectivity index (χ0v) is 15.9. The third-order valence-corrected chi connectivity index (χ3v) is 5.31. The van der Waals surface area contributed by atoms with E-state index >= 15 is 0 Å². The van der Waals surface area contributed by atoms with E-state index in [0.717, 1.165) is 36.8 Å². The van der Waals surface area contributed by atoms with E-state index in [2.05, 4.69) is 73.0 Å². The van der Waals surface area contributed by atoms with Crippen molar-refractivity contribution in [1.82, 2.24) is 0 Å². The van der Waals surface area contributed by atoms with E-state index in [1.807, 2.05) is 6.92 Å². The van der Waals surface area contributed by atoms with E-state index in [1.54, 1.807) is 0 Å². The zero-order valence-electron chi connectivity index (χ0n) is 15.1. The van der Waals surface area contributed by atoms with Gasteiger partial charge in [-0.25, -0.2) is 0 Å². The highest BCUT2D eigenvalue weighted by Gasteiger charge is 2.19. The van der Waals surface area contributed by atoms with Crippen LogP contribution in [0.15, 0.2) is 42.5 Å². The van der Waals surface area contributed by atoms with Crippen molar-refractivity contribution in [1.29, 1.82) is 0 Å². The van der Waals surface area contributed by atoms with Gasteiger partial charge in [0.15, 0.2) is 0 Å². The van der Waals surface area contributed by atoms with Gasteiger partial charge in [0, 0.05) is 42.6 Å². The molecule has 1 aliphatic rings. The lowest BCUT2D eigenvalue weighted by Gasteiger charge is -2.37. The van der Waals surface area contributed by atoms with Gasteiger partial charge in [-0.2, -0.15) is 0 Å². The van der Waals surface area contributed by atoms with Crippen molar-refractivity contribution in [2.75, 3.05) is 36.0 Å². The van der Waals surface area contributed by atoms with Crippen LogP contribution >= 0.6 is 11.6 Å². The number of aryl methyl sites for hydroxylation is 1. The molecular weight excluding hydrogens is 316 g/mol. The monoisotopic (exact) mass is 342 g/mol. The molecule has 0 saturated carbocycles. The molecule has 128 valence electrons. The molecule has 1 saturated heterocycles. The second kappa shape index (κ2) is 6.68. The Morgan fingerprint density at radius 2 is 1.29 bits per heavy atom. The maximum absolute atomic E-state index is 6.27. The average molecular weight is 343 g/mol. The first-order valence-corrected chi connectivity index (χ1v) is 9.09. The summed E-state index contributed by atoms with van der Waals surface area (Å²) in [7, 11) is 0. The first kappa shape index (κ1) is 17.2. The molecule has 0 spiro atoms. The standard InChI is InChI=1S/C21H27ClN2/c1-16-5-8-19(15-20(16)22)24-13-11-23(12-14-24)18-9-6-17(7-10-18)21(2,3)4/h5-10,15H,11-14H2,1-4H3. The number of benzene rings is 2. The first-order valence-electron chi connectivity index (χ1n) is 8.71. The molecule has 3 rings (SSSR count). The molecular formula is C21H27ClN2.